The second kappa shape index (κ2) is 8.80. The zero-order valence-corrected chi connectivity index (χ0v) is 16.5. The van der Waals surface area contributed by atoms with E-state index in [-0.39, 0.29) is 18.6 Å². The molecule has 2 aromatic carbocycles. The number of anilines is 1. The van der Waals surface area contributed by atoms with Crippen molar-refractivity contribution in [2.45, 2.75) is 13.8 Å². The molecule has 3 rings (SSSR count). The molecule has 7 heteroatoms. The summed E-state index contributed by atoms with van der Waals surface area (Å²) in [4.78, 5) is 26.4. The van der Waals surface area contributed by atoms with Crippen molar-refractivity contribution in [1.29, 1.82) is 0 Å². The average molecular weight is 401 g/mol. The van der Waals surface area contributed by atoms with E-state index in [0.717, 1.165) is 5.56 Å². The van der Waals surface area contributed by atoms with Gasteiger partial charge in [-0.3, -0.25) is 9.59 Å². The van der Waals surface area contributed by atoms with Crippen molar-refractivity contribution >= 4 is 35.2 Å². The fraction of sp³-hybridized carbons (Fsp3) is 0.238. The first-order valence-corrected chi connectivity index (χ1v) is 9.37. The van der Waals surface area contributed by atoms with Crippen LogP contribution in [0, 0.1) is 0 Å². The molecule has 0 saturated carbocycles. The van der Waals surface area contributed by atoms with Crippen LogP contribution in [0.25, 0.3) is 6.08 Å². The van der Waals surface area contributed by atoms with Crippen molar-refractivity contribution in [3.05, 3.63) is 58.6 Å². The Bertz CT molecular complexity index is 923. The van der Waals surface area contributed by atoms with Crippen molar-refractivity contribution < 1.29 is 19.1 Å². The zero-order chi connectivity index (χ0) is 20.1. The maximum Gasteiger partial charge on any atom is 0.253 e. The molecular formula is C21H21ClN2O4. The van der Waals surface area contributed by atoms with Crippen LogP contribution in [0.3, 0.4) is 0 Å². The SMILES string of the molecule is CCN(CC)C(=O)c1cccc(NC(=O)/C=C/c2cc(Cl)c3c(c2)OCO3)c1. The van der Waals surface area contributed by atoms with Gasteiger partial charge in [-0.1, -0.05) is 17.7 Å². The quantitative estimate of drug-likeness (QED) is 0.738. The maximum absolute atomic E-state index is 12.4. The number of fused-ring (bicyclic) bond motifs is 1. The van der Waals surface area contributed by atoms with E-state index in [1.165, 1.54) is 6.08 Å². The molecule has 1 heterocycles. The van der Waals surface area contributed by atoms with Crippen molar-refractivity contribution in [3.8, 4) is 11.5 Å². The lowest BCUT2D eigenvalue weighted by Crippen LogP contribution is -2.30. The summed E-state index contributed by atoms with van der Waals surface area (Å²) in [6, 6.07) is 10.3. The molecule has 0 aromatic heterocycles. The molecule has 1 N–H and O–H groups in total. The summed E-state index contributed by atoms with van der Waals surface area (Å²) < 4.78 is 10.6. The summed E-state index contributed by atoms with van der Waals surface area (Å²) >= 11 is 6.14. The predicted molar refractivity (Wildman–Crippen MR) is 109 cm³/mol. The lowest BCUT2D eigenvalue weighted by atomic mass is 10.1. The van der Waals surface area contributed by atoms with Gasteiger partial charge in [0.25, 0.3) is 5.91 Å². The van der Waals surface area contributed by atoms with Crippen LogP contribution in [0.15, 0.2) is 42.5 Å². The molecule has 2 aromatic rings. The standard InChI is InChI=1S/C21H21ClN2O4/c1-3-24(4-2)21(26)15-6-5-7-16(12-15)23-19(25)9-8-14-10-17(22)20-18(11-14)27-13-28-20/h5-12H,3-4,13H2,1-2H3,(H,23,25)/b9-8+. The molecule has 0 fully saturated rings. The number of ether oxygens (including phenoxy) is 2. The van der Waals surface area contributed by atoms with E-state index >= 15 is 0 Å². The van der Waals surface area contributed by atoms with Gasteiger partial charge in [0.1, 0.15) is 0 Å². The second-order valence-corrected chi connectivity index (χ2v) is 6.52. The first-order chi connectivity index (χ1) is 13.5. The largest absolute Gasteiger partial charge is 0.454 e. The van der Waals surface area contributed by atoms with E-state index < -0.39 is 0 Å². The van der Waals surface area contributed by atoms with Gasteiger partial charge in [-0.25, -0.2) is 0 Å². The minimum Gasteiger partial charge on any atom is -0.454 e. The van der Waals surface area contributed by atoms with Crippen LogP contribution >= 0.6 is 11.6 Å². The van der Waals surface area contributed by atoms with Crippen molar-refractivity contribution in [1.82, 2.24) is 4.90 Å². The molecule has 0 aliphatic carbocycles. The minimum atomic E-state index is -0.318. The number of hydrogen-bond donors (Lipinski definition) is 1. The van der Waals surface area contributed by atoms with Gasteiger partial charge in [0.15, 0.2) is 11.5 Å². The first kappa shape index (κ1) is 19.8. The van der Waals surface area contributed by atoms with Crippen molar-refractivity contribution in [2.75, 3.05) is 25.2 Å². The van der Waals surface area contributed by atoms with Crippen LogP contribution in [-0.2, 0) is 4.79 Å². The zero-order valence-electron chi connectivity index (χ0n) is 15.7. The van der Waals surface area contributed by atoms with Gasteiger partial charge in [0, 0.05) is 30.4 Å². The molecule has 1 aliphatic rings. The van der Waals surface area contributed by atoms with Crippen molar-refractivity contribution in [2.24, 2.45) is 0 Å². The Morgan fingerprint density at radius 2 is 1.96 bits per heavy atom. The molecule has 1 aliphatic heterocycles. The molecule has 0 saturated heterocycles. The average Bonchev–Trinajstić information content (AvgIpc) is 3.17. The van der Waals surface area contributed by atoms with Crippen LogP contribution < -0.4 is 14.8 Å². The Balaban J connectivity index is 1.68. The molecule has 146 valence electrons. The molecule has 28 heavy (non-hydrogen) atoms. The minimum absolute atomic E-state index is 0.0633. The smallest absolute Gasteiger partial charge is 0.253 e. The Kier molecular flexibility index (Phi) is 6.21. The van der Waals surface area contributed by atoms with E-state index in [1.807, 2.05) is 13.8 Å². The molecule has 6 nitrogen and oxygen atoms in total. The van der Waals surface area contributed by atoms with Crippen LogP contribution in [0.5, 0.6) is 11.5 Å². The number of hydrogen-bond acceptors (Lipinski definition) is 4. The first-order valence-electron chi connectivity index (χ1n) is 8.99. The molecule has 0 atom stereocenters. The van der Waals surface area contributed by atoms with Crippen LogP contribution in [0.2, 0.25) is 5.02 Å². The lowest BCUT2D eigenvalue weighted by molar-refractivity contribution is -0.111. The molecule has 2 amide bonds. The van der Waals surface area contributed by atoms with Crippen molar-refractivity contribution in [3.63, 3.8) is 0 Å². The summed E-state index contributed by atoms with van der Waals surface area (Å²) in [6.45, 7) is 5.26. The summed E-state index contributed by atoms with van der Waals surface area (Å²) in [7, 11) is 0. The van der Waals surface area contributed by atoms with Crippen LogP contribution in [0.1, 0.15) is 29.8 Å². The summed E-state index contributed by atoms with van der Waals surface area (Å²) in [6.07, 6.45) is 3.03. The molecule has 0 radical (unpaired) electrons. The number of amides is 2. The second-order valence-electron chi connectivity index (χ2n) is 6.12. The normalized spacial score (nSPS) is 12.2. The molecule has 0 unspecified atom stereocenters. The number of nitrogens with one attached hydrogen (secondary N) is 1. The van der Waals surface area contributed by atoms with E-state index in [2.05, 4.69) is 5.32 Å². The highest BCUT2D eigenvalue weighted by Crippen LogP contribution is 2.40. The number of carbonyl (C=O) groups is 2. The fourth-order valence-corrected chi connectivity index (χ4v) is 3.14. The number of nitrogens with zero attached hydrogens (tertiary/aromatic N) is 1. The third-order valence-corrected chi connectivity index (χ3v) is 4.59. The van der Waals surface area contributed by atoms with Gasteiger partial charge >= 0.3 is 0 Å². The molecular weight excluding hydrogens is 380 g/mol. The van der Waals surface area contributed by atoms with Gasteiger partial charge < -0.3 is 19.7 Å². The van der Waals surface area contributed by atoms with Crippen LogP contribution in [-0.4, -0.2) is 36.6 Å². The molecule has 0 spiro atoms. The highest BCUT2D eigenvalue weighted by atomic mass is 35.5. The Labute approximate surface area is 168 Å². The summed E-state index contributed by atoms with van der Waals surface area (Å²) in [5.74, 6) is 0.681. The topological polar surface area (TPSA) is 67.9 Å². The number of rotatable bonds is 6. The highest BCUT2D eigenvalue weighted by molar-refractivity contribution is 6.32. The summed E-state index contributed by atoms with van der Waals surface area (Å²) in [5.41, 5.74) is 1.80. The van der Waals surface area contributed by atoms with E-state index in [9.17, 15) is 9.59 Å². The molecule has 0 bridgehead atoms. The van der Waals surface area contributed by atoms with Crippen LogP contribution in [0.4, 0.5) is 5.69 Å². The lowest BCUT2D eigenvalue weighted by Gasteiger charge is -2.18. The Hall–Kier alpha value is -2.99. The van der Waals surface area contributed by atoms with Gasteiger partial charge in [-0.05, 0) is 55.8 Å². The number of carbonyl (C=O) groups excluding carboxylic acids is 2. The van der Waals surface area contributed by atoms with E-state index in [1.54, 1.807) is 47.4 Å². The van der Waals surface area contributed by atoms with Gasteiger partial charge in [-0.2, -0.15) is 0 Å². The van der Waals surface area contributed by atoms with Gasteiger partial charge in [-0.15, -0.1) is 0 Å². The fourth-order valence-electron chi connectivity index (χ4n) is 2.86. The monoisotopic (exact) mass is 400 g/mol. The third-order valence-electron chi connectivity index (χ3n) is 4.30. The Morgan fingerprint density at radius 3 is 2.71 bits per heavy atom. The van der Waals surface area contributed by atoms with Gasteiger partial charge in [0.2, 0.25) is 12.7 Å². The van der Waals surface area contributed by atoms with E-state index in [4.69, 9.17) is 21.1 Å². The predicted octanol–water partition coefficient (Wildman–Crippen LogP) is 4.20. The number of halogens is 1. The third kappa shape index (κ3) is 4.46. The van der Waals surface area contributed by atoms with Gasteiger partial charge in [0.05, 0.1) is 5.02 Å². The Morgan fingerprint density at radius 1 is 1.18 bits per heavy atom. The number of benzene rings is 2. The summed E-state index contributed by atoms with van der Waals surface area (Å²) in [5, 5.41) is 3.19. The van der Waals surface area contributed by atoms with E-state index in [0.29, 0.717) is 40.9 Å². The maximum atomic E-state index is 12.4. The highest BCUT2D eigenvalue weighted by Gasteiger charge is 2.17.